The summed E-state index contributed by atoms with van der Waals surface area (Å²) >= 11 is 0. The third kappa shape index (κ3) is 3.69. The van der Waals surface area contributed by atoms with Crippen molar-refractivity contribution in [1.29, 1.82) is 0 Å². The molecule has 0 saturated heterocycles. The Bertz CT molecular complexity index is 284. The first-order chi connectivity index (χ1) is 6.31. The van der Waals surface area contributed by atoms with Gasteiger partial charge in [0.15, 0.2) is 0 Å². The van der Waals surface area contributed by atoms with Gasteiger partial charge in [-0.15, -0.1) is 0 Å². The van der Waals surface area contributed by atoms with Crippen LogP contribution < -0.4 is 0 Å². The van der Waals surface area contributed by atoms with Gasteiger partial charge in [-0.25, -0.2) is 17.2 Å². The molecule has 1 fully saturated rings. The van der Waals surface area contributed by atoms with Crippen molar-refractivity contribution >= 4 is 19.7 Å². The maximum absolute atomic E-state index is 13.3. The van der Waals surface area contributed by atoms with Crippen molar-refractivity contribution in [2.45, 2.75) is 38.0 Å². The van der Waals surface area contributed by atoms with Crippen LogP contribution in [0.3, 0.4) is 0 Å². The van der Waals surface area contributed by atoms with E-state index in [2.05, 4.69) is 0 Å². The predicted octanol–water partition coefficient (Wildman–Crippen LogP) is 2.77. The van der Waals surface area contributed by atoms with Crippen molar-refractivity contribution in [2.75, 3.05) is 5.75 Å². The van der Waals surface area contributed by atoms with Gasteiger partial charge in [-0.05, 0) is 12.8 Å². The summed E-state index contributed by atoms with van der Waals surface area (Å²) in [7, 11) is 1.09. The number of halogens is 3. The Hall–Kier alpha value is 0.1000. The van der Waals surface area contributed by atoms with Crippen LogP contribution in [0.1, 0.15) is 32.1 Å². The first-order valence-electron chi connectivity index (χ1n) is 4.61. The molecule has 2 nitrogen and oxygen atoms in total. The Morgan fingerprint density at radius 3 is 2.21 bits per heavy atom. The van der Waals surface area contributed by atoms with Gasteiger partial charge in [0.1, 0.15) is 0 Å². The van der Waals surface area contributed by atoms with E-state index in [1.54, 1.807) is 0 Å². The minimum atomic E-state index is -3.79. The standard InChI is InChI=1S/C8H13ClF2O2S/c9-14(12,13)6-5-8(10,11)7-3-1-2-4-7/h7H,1-6H2. The fourth-order valence-corrected chi connectivity index (χ4v) is 2.56. The van der Waals surface area contributed by atoms with E-state index in [1.165, 1.54) is 0 Å². The fourth-order valence-electron chi connectivity index (χ4n) is 1.81. The average molecular weight is 247 g/mol. The molecule has 1 aliphatic rings. The molecule has 6 heteroatoms. The van der Waals surface area contributed by atoms with Gasteiger partial charge < -0.3 is 0 Å². The van der Waals surface area contributed by atoms with E-state index >= 15 is 0 Å². The van der Waals surface area contributed by atoms with Crippen LogP contribution in [0.25, 0.3) is 0 Å². The number of hydrogen-bond donors (Lipinski definition) is 0. The molecule has 0 N–H and O–H groups in total. The van der Waals surface area contributed by atoms with Gasteiger partial charge in [0.05, 0.1) is 5.75 Å². The summed E-state index contributed by atoms with van der Waals surface area (Å²) in [5.74, 6) is -4.17. The van der Waals surface area contributed by atoms with Crippen LogP contribution in [-0.4, -0.2) is 20.1 Å². The Kier molecular flexibility index (Phi) is 3.75. The van der Waals surface area contributed by atoms with Crippen LogP contribution in [0.4, 0.5) is 8.78 Å². The van der Waals surface area contributed by atoms with Crippen molar-refractivity contribution in [3.05, 3.63) is 0 Å². The monoisotopic (exact) mass is 246 g/mol. The highest BCUT2D eigenvalue weighted by atomic mass is 35.7. The Morgan fingerprint density at radius 1 is 1.29 bits per heavy atom. The maximum Gasteiger partial charge on any atom is 0.251 e. The van der Waals surface area contributed by atoms with E-state index < -0.39 is 33.1 Å². The summed E-state index contributed by atoms with van der Waals surface area (Å²) in [6.07, 6.45) is 1.97. The zero-order valence-corrected chi connectivity index (χ0v) is 9.25. The summed E-state index contributed by atoms with van der Waals surface area (Å²) in [5.41, 5.74) is 0. The summed E-state index contributed by atoms with van der Waals surface area (Å²) < 4.78 is 47.7. The Labute approximate surface area is 87.1 Å². The molecule has 0 spiro atoms. The highest BCUT2D eigenvalue weighted by molar-refractivity contribution is 8.13. The molecule has 1 rings (SSSR count). The van der Waals surface area contributed by atoms with E-state index in [0.29, 0.717) is 12.8 Å². The second-order valence-corrected chi connectivity index (χ2v) is 6.63. The van der Waals surface area contributed by atoms with Gasteiger partial charge in [-0.3, -0.25) is 0 Å². The van der Waals surface area contributed by atoms with Crippen LogP contribution in [0.5, 0.6) is 0 Å². The van der Waals surface area contributed by atoms with E-state index in [1.807, 2.05) is 0 Å². The van der Waals surface area contributed by atoms with E-state index in [0.717, 1.165) is 12.8 Å². The molecular weight excluding hydrogens is 234 g/mol. The lowest BCUT2D eigenvalue weighted by molar-refractivity contribution is -0.0578. The molecule has 0 aromatic carbocycles. The SMILES string of the molecule is O=S(=O)(Cl)CCC(F)(F)C1CCCC1. The van der Waals surface area contributed by atoms with E-state index in [9.17, 15) is 17.2 Å². The van der Waals surface area contributed by atoms with Crippen molar-refractivity contribution in [3.63, 3.8) is 0 Å². The molecule has 84 valence electrons. The zero-order chi connectivity index (χ0) is 10.8. The second kappa shape index (κ2) is 4.31. The molecule has 1 aliphatic carbocycles. The zero-order valence-electron chi connectivity index (χ0n) is 7.68. The van der Waals surface area contributed by atoms with Crippen molar-refractivity contribution < 1.29 is 17.2 Å². The second-order valence-electron chi connectivity index (χ2n) is 3.74. The molecule has 0 bridgehead atoms. The van der Waals surface area contributed by atoms with Gasteiger partial charge in [0, 0.05) is 23.0 Å². The third-order valence-electron chi connectivity index (χ3n) is 2.63. The summed E-state index contributed by atoms with van der Waals surface area (Å²) in [6.45, 7) is 0. The molecule has 0 radical (unpaired) electrons. The highest BCUT2D eigenvalue weighted by Gasteiger charge is 2.41. The molecule has 0 aliphatic heterocycles. The summed E-state index contributed by atoms with van der Waals surface area (Å²) in [4.78, 5) is 0. The Morgan fingerprint density at radius 2 is 1.79 bits per heavy atom. The molecule has 0 heterocycles. The summed E-state index contributed by atoms with van der Waals surface area (Å²) in [5, 5.41) is 0. The predicted molar refractivity (Wildman–Crippen MR) is 51.2 cm³/mol. The van der Waals surface area contributed by atoms with Crippen LogP contribution in [-0.2, 0) is 9.05 Å². The lowest BCUT2D eigenvalue weighted by atomic mass is 9.98. The quantitative estimate of drug-likeness (QED) is 0.715. The van der Waals surface area contributed by atoms with Crippen LogP contribution in [0.2, 0.25) is 0 Å². The number of rotatable bonds is 4. The van der Waals surface area contributed by atoms with Gasteiger partial charge in [0.25, 0.3) is 5.92 Å². The number of hydrogen-bond acceptors (Lipinski definition) is 2. The lowest BCUT2D eigenvalue weighted by Gasteiger charge is -2.22. The molecule has 0 aromatic rings. The largest absolute Gasteiger partial charge is 0.251 e. The van der Waals surface area contributed by atoms with Crippen molar-refractivity contribution in [1.82, 2.24) is 0 Å². The summed E-state index contributed by atoms with van der Waals surface area (Å²) in [6, 6.07) is 0. The molecular formula is C8H13ClF2O2S. The normalized spacial score (nSPS) is 20.2. The lowest BCUT2D eigenvalue weighted by Crippen LogP contribution is -2.28. The maximum atomic E-state index is 13.3. The van der Waals surface area contributed by atoms with Gasteiger partial charge >= 0.3 is 0 Å². The van der Waals surface area contributed by atoms with Crippen LogP contribution >= 0.6 is 10.7 Å². The first kappa shape index (κ1) is 12.2. The molecule has 14 heavy (non-hydrogen) atoms. The van der Waals surface area contributed by atoms with E-state index in [4.69, 9.17) is 10.7 Å². The fraction of sp³-hybridized carbons (Fsp3) is 1.00. The molecule has 0 aromatic heterocycles. The topological polar surface area (TPSA) is 34.1 Å². The Balaban J connectivity index is 2.48. The van der Waals surface area contributed by atoms with Crippen LogP contribution in [0, 0.1) is 5.92 Å². The van der Waals surface area contributed by atoms with Gasteiger partial charge in [-0.1, -0.05) is 12.8 Å². The molecule has 0 atom stereocenters. The minimum absolute atomic E-state index is 0.495. The molecule has 0 amide bonds. The van der Waals surface area contributed by atoms with Crippen molar-refractivity contribution in [2.24, 2.45) is 5.92 Å². The number of alkyl halides is 2. The van der Waals surface area contributed by atoms with Crippen molar-refractivity contribution in [3.8, 4) is 0 Å². The van der Waals surface area contributed by atoms with Gasteiger partial charge in [-0.2, -0.15) is 0 Å². The van der Waals surface area contributed by atoms with Gasteiger partial charge in [0.2, 0.25) is 9.05 Å². The third-order valence-corrected chi connectivity index (χ3v) is 3.79. The van der Waals surface area contributed by atoms with Crippen LogP contribution in [0.15, 0.2) is 0 Å². The highest BCUT2D eigenvalue weighted by Crippen LogP contribution is 2.40. The van der Waals surface area contributed by atoms with E-state index in [-0.39, 0.29) is 0 Å². The molecule has 1 saturated carbocycles. The first-order valence-corrected chi connectivity index (χ1v) is 7.09. The smallest absolute Gasteiger partial charge is 0.212 e. The molecule has 0 unspecified atom stereocenters. The minimum Gasteiger partial charge on any atom is -0.212 e. The average Bonchev–Trinajstić information content (AvgIpc) is 2.52.